The molecule has 1 atom stereocenters. The van der Waals surface area contributed by atoms with Crippen molar-refractivity contribution in [2.45, 2.75) is 27.2 Å². The molecule has 1 N–H and O–H groups in total. The molecule has 16 heavy (non-hydrogen) atoms. The first-order valence-electron chi connectivity index (χ1n) is 4.89. The molecule has 88 valence electrons. The van der Waals surface area contributed by atoms with Gasteiger partial charge in [0.1, 0.15) is 6.42 Å². The van der Waals surface area contributed by atoms with Crippen LogP contribution in [0, 0.1) is 17.2 Å². The number of esters is 1. The Hall–Kier alpha value is -1.90. The second-order valence-corrected chi connectivity index (χ2v) is 3.10. The first-order valence-corrected chi connectivity index (χ1v) is 4.89. The Morgan fingerprint density at radius 1 is 1.56 bits per heavy atom. The first-order chi connectivity index (χ1) is 7.52. The number of ether oxygens (including phenoxy) is 1. The molecule has 0 aromatic rings. The number of carbonyl (C=O) groups excluding carboxylic acids is 2. The molecule has 1 unspecified atom stereocenters. The largest absolute Gasteiger partial charge is 0.465 e. The van der Waals surface area contributed by atoms with Gasteiger partial charge in [0.15, 0.2) is 0 Å². The number of hydrogen-bond acceptors (Lipinski definition) is 5. The molecule has 0 aromatic heterocycles. The van der Waals surface area contributed by atoms with Crippen LogP contribution in [-0.2, 0) is 14.3 Å². The Labute approximate surface area is 94.3 Å². The minimum Gasteiger partial charge on any atom is -0.465 e. The number of hydrogen-bond donors (Lipinski definition) is 1. The molecule has 0 fully saturated rings. The summed E-state index contributed by atoms with van der Waals surface area (Å²) in [6.07, 6.45) is -0.259. The molecule has 0 heterocycles. The topological polar surface area (TPSA) is 91.5 Å². The summed E-state index contributed by atoms with van der Waals surface area (Å²) >= 11 is 0. The summed E-state index contributed by atoms with van der Waals surface area (Å²) in [6, 6.07) is 1.69. The van der Waals surface area contributed by atoms with Crippen LogP contribution >= 0.6 is 0 Å². The van der Waals surface area contributed by atoms with E-state index in [2.05, 4.69) is 10.5 Å². The summed E-state index contributed by atoms with van der Waals surface area (Å²) in [6.45, 7) is 5.25. The zero-order valence-corrected chi connectivity index (χ0v) is 9.61. The molecule has 6 nitrogen and oxygen atoms in total. The maximum Gasteiger partial charge on any atom is 0.314 e. The molecule has 0 saturated carbocycles. The van der Waals surface area contributed by atoms with Gasteiger partial charge in [0.2, 0.25) is 0 Å². The van der Waals surface area contributed by atoms with E-state index in [0.717, 1.165) is 0 Å². The summed E-state index contributed by atoms with van der Waals surface area (Å²) in [5.74, 6) is -1.40. The highest BCUT2D eigenvalue weighted by Crippen LogP contribution is 2.01. The van der Waals surface area contributed by atoms with Crippen LogP contribution in [-0.4, -0.2) is 24.2 Å². The summed E-state index contributed by atoms with van der Waals surface area (Å²) in [5, 5.41) is 11.9. The molecule has 0 aliphatic rings. The average Bonchev–Trinajstić information content (AvgIpc) is 2.25. The van der Waals surface area contributed by atoms with Gasteiger partial charge in [-0.1, -0.05) is 0 Å². The van der Waals surface area contributed by atoms with E-state index in [4.69, 9.17) is 10.00 Å². The van der Waals surface area contributed by atoms with Gasteiger partial charge in [-0.2, -0.15) is 10.4 Å². The second-order valence-electron chi connectivity index (χ2n) is 3.10. The monoisotopic (exact) mass is 225 g/mol. The first kappa shape index (κ1) is 14.1. The summed E-state index contributed by atoms with van der Waals surface area (Å²) in [5.41, 5.74) is 2.61. The van der Waals surface area contributed by atoms with E-state index in [1.54, 1.807) is 26.8 Å². The van der Waals surface area contributed by atoms with Crippen LogP contribution in [0.25, 0.3) is 0 Å². The van der Waals surface area contributed by atoms with E-state index < -0.39 is 17.8 Å². The van der Waals surface area contributed by atoms with Gasteiger partial charge in [-0.15, -0.1) is 0 Å². The third kappa shape index (κ3) is 5.10. The van der Waals surface area contributed by atoms with Gasteiger partial charge in [0.05, 0.1) is 18.6 Å². The van der Waals surface area contributed by atoms with Crippen molar-refractivity contribution in [3.05, 3.63) is 0 Å². The number of nitrogens with one attached hydrogen (secondary N) is 1. The fourth-order valence-electron chi connectivity index (χ4n) is 0.796. The molecular weight excluding hydrogens is 210 g/mol. The third-order valence-corrected chi connectivity index (χ3v) is 1.86. The number of amides is 1. The van der Waals surface area contributed by atoms with Crippen molar-refractivity contribution in [1.82, 2.24) is 5.43 Å². The van der Waals surface area contributed by atoms with Gasteiger partial charge in [0, 0.05) is 5.71 Å². The molecule has 0 aliphatic heterocycles. The van der Waals surface area contributed by atoms with E-state index in [1.165, 1.54) is 0 Å². The standard InChI is InChI=1S/C10H15N3O3/c1-4-16-10(15)7(2)8(3)12-13-9(14)5-6-11/h7H,4-5H2,1-3H3,(H,13,14). The third-order valence-electron chi connectivity index (χ3n) is 1.86. The lowest BCUT2D eigenvalue weighted by Gasteiger charge is -2.09. The highest BCUT2D eigenvalue weighted by Gasteiger charge is 2.17. The molecule has 0 aliphatic carbocycles. The summed E-state index contributed by atoms with van der Waals surface area (Å²) in [4.78, 5) is 22.2. The average molecular weight is 225 g/mol. The number of carbonyl (C=O) groups is 2. The van der Waals surface area contributed by atoms with Crippen molar-refractivity contribution in [3.63, 3.8) is 0 Å². The Balaban J connectivity index is 4.27. The lowest BCUT2D eigenvalue weighted by atomic mass is 10.1. The molecule has 0 radical (unpaired) electrons. The molecule has 1 amide bonds. The molecule has 0 spiro atoms. The number of nitrogens with zero attached hydrogens (tertiary/aromatic N) is 2. The normalized spacial score (nSPS) is 12.5. The minimum atomic E-state index is -0.512. The van der Waals surface area contributed by atoms with Crippen molar-refractivity contribution in [1.29, 1.82) is 5.26 Å². The van der Waals surface area contributed by atoms with Crippen LogP contribution in [0.1, 0.15) is 27.2 Å². The van der Waals surface area contributed by atoms with Crippen molar-refractivity contribution < 1.29 is 14.3 Å². The Morgan fingerprint density at radius 2 is 2.19 bits per heavy atom. The highest BCUT2D eigenvalue weighted by molar-refractivity contribution is 6.00. The van der Waals surface area contributed by atoms with Crippen LogP contribution in [0.5, 0.6) is 0 Å². The molecule has 0 bridgehead atoms. The minimum absolute atomic E-state index is 0.259. The number of rotatable bonds is 5. The summed E-state index contributed by atoms with van der Waals surface area (Å²) in [7, 11) is 0. The van der Waals surface area contributed by atoms with E-state index in [1.807, 2.05) is 0 Å². The van der Waals surface area contributed by atoms with Gasteiger partial charge in [-0.3, -0.25) is 9.59 Å². The predicted octanol–water partition coefficient (Wildman–Crippen LogP) is 0.591. The number of nitriles is 1. The van der Waals surface area contributed by atoms with Gasteiger partial charge < -0.3 is 4.74 Å². The quantitative estimate of drug-likeness (QED) is 0.421. The Bertz CT molecular complexity index is 331. The van der Waals surface area contributed by atoms with Gasteiger partial charge in [0.25, 0.3) is 5.91 Å². The number of hydrazone groups is 1. The van der Waals surface area contributed by atoms with Gasteiger partial charge in [-0.05, 0) is 20.8 Å². The van der Waals surface area contributed by atoms with E-state index >= 15 is 0 Å². The lowest BCUT2D eigenvalue weighted by molar-refractivity contribution is -0.145. The molecular formula is C10H15N3O3. The van der Waals surface area contributed by atoms with Crippen LogP contribution in [0.2, 0.25) is 0 Å². The zero-order valence-electron chi connectivity index (χ0n) is 9.61. The zero-order chi connectivity index (χ0) is 12.6. The maximum atomic E-state index is 11.3. The molecule has 6 heteroatoms. The second kappa shape index (κ2) is 7.40. The van der Waals surface area contributed by atoms with E-state index in [-0.39, 0.29) is 6.42 Å². The Kier molecular flexibility index (Phi) is 6.52. The van der Waals surface area contributed by atoms with Crippen LogP contribution in [0.3, 0.4) is 0 Å². The van der Waals surface area contributed by atoms with Crippen LogP contribution < -0.4 is 5.43 Å². The van der Waals surface area contributed by atoms with Crippen LogP contribution in [0.15, 0.2) is 5.10 Å². The molecule has 0 rings (SSSR count). The fraction of sp³-hybridized carbons (Fsp3) is 0.600. The predicted molar refractivity (Wildman–Crippen MR) is 57.3 cm³/mol. The van der Waals surface area contributed by atoms with E-state index in [0.29, 0.717) is 12.3 Å². The summed E-state index contributed by atoms with van der Waals surface area (Å²) < 4.78 is 4.79. The maximum absolute atomic E-state index is 11.3. The molecule has 0 aromatic carbocycles. The van der Waals surface area contributed by atoms with Crippen molar-refractivity contribution in [2.24, 2.45) is 11.0 Å². The SMILES string of the molecule is CCOC(=O)C(C)C(C)=NNC(=O)CC#N. The van der Waals surface area contributed by atoms with Gasteiger partial charge >= 0.3 is 5.97 Å². The van der Waals surface area contributed by atoms with Crippen molar-refractivity contribution in [2.75, 3.05) is 6.61 Å². The van der Waals surface area contributed by atoms with Crippen molar-refractivity contribution in [3.8, 4) is 6.07 Å². The lowest BCUT2D eigenvalue weighted by Crippen LogP contribution is -2.25. The van der Waals surface area contributed by atoms with Gasteiger partial charge in [-0.25, -0.2) is 5.43 Å². The Morgan fingerprint density at radius 3 is 2.69 bits per heavy atom. The highest BCUT2D eigenvalue weighted by atomic mass is 16.5. The van der Waals surface area contributed by atoms with Crippen LogP contribution in [0.4, 0.5) is 0 Å². The van der Waals surface area contributed by atoms with E-state index in [9.17, 15) is 9.59 Å². The smallest absolute Gasteiger partial charge is 0.314 e. The van der Waals surface area contributed by atoms with Crippen molar-refractivity contribution >= 4 is 17.6 Å². The fourth-order valence-corrected chi connectivity index (χ4v) is 0.796. The molecule has 0 saturated heterocycles.